The third kappa shape index (κ3) is 25.8. The van der Waals surface area contributed by atoms with Crippen molar-refractivity contribution in [3.63, 3.8) is 0 Å². The number of amides is 8. The summed E-state index contributed by atoms with van der Waals surface area (Å²) in [6.45, 7) is 7.69. The van der Waals surface area contributed by atoms with Crippen LogP contribution in [0.4, 0.5) is 0 Å². The zero-order valence-corrected chi connectivity index (χ0v) is 44.4. The predicted molar refractivity (Wildman–Crippen MR) is 277 cm³/mol. The molecule has 0 saturated heterocycles. The van der Waals surface area contributed by atoms with Gasteiger partial charge in [0.25, 0.3) is 0 Å². The summed E-state index contributed by atoms with van der Waals surface area (Å²) in [6, 6.07) is -7.71. The minimum atomic E-state index is -1.81. The summed E-state index contributed by atoms with van der Waals surface area (Å²) in [5.41, 5.74) is 17.5. The number of carbonyl (C=O) groups is 10. The van der Waals surface area contributed by atoms with Gasteiger partial charge in [0.15, 0.2) is 0 Å². The largest absolute Gasteiger partial charge is 0.508 e. The lowest BCUT2D eigenvalue weighted by molar-refractivity contribution is -0.142. The average Bonchev–Trinajstić information content (AvgIpc) is 3.33. The van der Waals surface area contributed by atoms with Crippen LogP contribution < -0.4 is 59.7 Å². The molecule has 1 aromatic carbocycles. The molecular weight excluding hydrogens is 1000 g/mol. The molecule has 1 rings (SSSR count). The van der Waals surface area contributed by atoms with Crippen LogP contribution in [0.5, 0.6) is 5.75 Å². The van der Waals surface area contributed by atoms with E-state index in [9.17, 15) is 73.5 Å². The van der Waals surface area contributed by atoms with Crippen LogP contribution in [-0.2, 0) is 54.4 Å². The molecule has 0 spiro atoms. The van der Waals surface area contributed by atoms with Gasteiger partial charge in [-0.05, 0) is 127 Å². The summed E-state index contributed by atoms with van der Waals surface area (Å²) in [6.07, 6.45) is -0.749. The molecule has 1 aromatic rings. The van der Waals surface area contributed by atoms with Crippen LogP contribution in [0.1, 0.15) is 104 Å². The minimum absolute atomic E-state index is 0.0753. The fourth-order valence-electron chi connectivity index (χ4n) is 7.27. The van der Waals surface area contributed by atoms with Gasteiger partial charge in [0, 0.05) is 12.8 Å². The Labute approximate surface area is 441 Å². The van der Waals surface area contributed by atoms with Crippen LogP contribution in [0, 0.1) is 5.92 Å². The molecule has 0 bridgehead atoms. The maximum Gasteiger partial charge on any atom is 0.326 e. The number of phenols is 1. The van der Waals surface area contributed by atoms with Gasteiger partial charge in [0.2, 0.25) is 47.3 Å². The Morgan fingerprint density at radius 1 is 0.533 bits per heavy atom. The number of nitrogens with one attached hydrogen (secondary N) is 8. The average molecular weight is 1080 g/mol. The predicted octanol–water partition coefficient (Wildman–Crippen LogP) is -3.07. The number of hydrogen-bond donors (Lipinski definition) is 16. The quantitative estimate of drug-likeness (QED) is 0.0294. The van der Waals surface area contributed by atoms with Crippen molar-refractivity contribution in [2.75, 3.05) is 25.1 Å². The summed E-state index contributed by atoms with van der Waals surface area (Å²) in [5, 5.41) is 70.0. The second-order valence-electron chi connectivity index (χ2n) is 18.7. The second kappa shape index (κ2) is 35.2. The minimum Gasteiger partial charge on any atom is -0.508 e. The van der Waals surface area contributed by atoms with Gasteiger partial charge in [-0.1, -0.05) is 26.0 Å². The Kier molecular flexibility index (Phi) is 31.4. The van der Waals surface area contributed by atoms with Crippen LogP contribution in [0.2, 0.25) is 0 Å². The molecule has 0 heterocycles. The van der Waals surface area contributed by atoms with Gasteiger partial charge in [0.1, 0.15) is 54.1 Å². The monoisotopic (exact) mass is 1080 g/mol. The van der Waals surface area contributed by atoms with E-state index in [1.54, 1.807) is 13.8 Å². The van der Waals surface area contributed by atoms with E-state index >= 15 is 0 Å². The van der Waals surface area contributed by atoms with Gasteiger partial charge in [-0.25, -0.2) is 4.79 Å². The van der Waals surface area contributed by atoms with Crippen LogP contribution in [0.15, 0.2) is 24.3 Å². The van der Waals surface area contributed by atoms with Gasteiger partial charge in [0.05, 0.1) is 18.2 Å². The summed E-state index contributed by atoms with van der Waals surface area (Å²) in [7, 11) is 0. The summed E-state index contributed by atoms with van der Waals surface area (Å²) in [4.78, 5) is 133. The number of thioether (sulfide) groups is 1. The first-order chi connectivity index (χ1) is 35.3. The first-order valence-electron chi connectivity index (χ1n) is 24.9. The smallest absolute Gasteiger partial charge is 0.326 e. The van der Waals surface area contributed by atoms with Gasteiger partial charge >= 0.3 is 11.9 Å². The third-order valence-electron chi connectivity index (χ3n) is 11.6. The second-order valence-corrected chi connectivity index (χ2v) is 19.7. The first-order valence-corrected chi connectivity index (χ1v) is 26.3. The zero-order chi connectivity index (χ0) is 56.9. The zero-order valence-electron chi connectivity index (χ0n) is 43.6. The number of aromatic hydroxyl groups is 1. The number of hydrogen-bond acceptors (Lipinski definition) is 17. The maximum atomic E-state index is 14.1. The highest BCUT2D eigenvalue weighted by Gasteiger charge is 2.37. The van der Waals surface area contributed by atoms with Gasteiger partial charge in [-0.2, -0.15) is 11.8 Å². The van der Waals surface area contributed by atoms with Crippen LogP contribution >= 0.6 is 11.8 Å². The van der Waals surface area contributed by atoms with Gasteiger partial charge in [-0.15, -0.1) is 0 Å². The molecule has 75 heavy (non-hydrogen) atoms. The number of carboxylic acids is 2. The van der Waals surface area contributed by atoms with E-state index in [1.165, 1.54) is 43.0 Å². The Balaban J connectivity index is 3.46. The molecular formula is C48H81N11O15S. The normalized spacial score (nSPS) is 15.6. The van der Waals surface area contributed by atoms with Crippen LogP contribution in [-0.4, -0.2) is 176 Å². The molecule has 0 saturated carbocycles. The topological polar surface area (TPSA) is 446 Å². The Morgan fingerprint density at radius 3 is 1.47 bits per heavy atom. The maximum absolute atomic E-state index is 14.1. The molecule has 26 nitrogen and oxygen atoms in total. The van der Waals surface area contributed by atoms with Crippen molar-refractivity contribution in [2.45, 2.75) is 172 Å². The molecule has 27 heteroatoms. The number of rotatable bonds is 37. The SMILES string of the molecule is CSCC[C@H](N)C(=O)N[C@@H](CCCCN)C(=O)N[C@H](C(=O)N[C@@H](CCC(=O)O)C(=O)N[C@@H](Cc1ccc(O)cc1)C(=O)N[C@H](C(=O)N[C@@H](C)C(=O)N[C@@H](CC(C)C)C(=O)N[C@@H](CCCCN)C(=O)O)[C@@H](C)O)[C@@H](C)O. The molecule has 19 N–H and O–H groups in total. The molecule has 0 aliphatic heterocycles. The summed E-state index contributed by atoms with van der Waals surface area (Å²) < 4.78 is 0. The van der Waals surface area contributed by atoms with Gasteiger partial charge < -0.3 is 85.3 Å². The van der Waals surface area contributed by atoms with Crippen molar-refractivity contribution in [2.24, 2.45) is 23.1 Å². The van der Waals surface area contributed by atoms with E-state index in [1.807, 2.05) is 6.26 Å². The number of phenolic OH excluding ortho intramolecular Hbond substituents is 1. The number of nitrogens with two attached hydrogens (primary N) is 3. The lowest BCUT2D eigenvalue weighted by Crippen LogP contribution is -2.62. The fourth-order valence-corrected chi connectivity index (χ4v) is 7.76. The van der Waals surface area contributed by atoms with E-state index in [-0.39, 0.29) is 43.9 Å². The highest BCUT2D eigenvalue weighted by atomic mass is 32.2. The number of benzene rings is 1. The number of carbonyl (C=O) groups excluding carboxylic acids is 8. The molecule has 8 amide bonds. The van der Waals surface area contributed by atoms with Gasteiger partial charge in [-0.3, -0.25) is 43.2 Å². The Morgan fingerprint density at radius 2 is 0.973 bits per heavy atom. The standard InChI is InChI=1S/C48H81N11O15S/c1-25(2)23-35(44(69)55-34(48(73)74)12-8-10-21-50)56-40(65)26(3)52-46(71)38(27(4)60)59-45(70)36(24-29-13-15-30(62)16-14-29)57-42(67)33(17-18-37(63)64)54-47(72)39(28(5)61)58-43(68)32(11-7-9-20-49)53-41(66)31(51)19-22-75-6/h13-16,25-28,31-36,38-39,60-62H,7-12,17-24,49-51H2,1-6H3,(H,52,71)(H,53,66)(H,54,72)(H,55,69)(H,56,65)(H,57,67)(H,58,68)(H,59,70)(H,63,64)(H,73,74)/t26-,27+,28+,31-,32-,33-,34-,35-,36-,38-,39-/m0/s1. The summed E-state index contributed by atoms with van der Waals surface area (Å²) >= 11 is 1.46. The molecule has 0 radical (unpaired) electrons. The van der Waals surface area contributed by atoms with Crippen molar-refractivity contribution >= 4 is 71.0 Å². The molecule has 0 fully saturated rings. The number of aliphatic carboxylic acids is 2. The number of aliphatic hydroxyl groups excluding tert-OH is 2. The fraction of sp³-hybridized carbons (Fsp3) is 0.667. The number of aliphatic hydroxyl groups is 2. The molecule has 0 unspecified atom stereocenters. The molecule has 0 aromatic heterocycles. The lowest BCUT2D eigenvalue weighted by atomic mass is 10.0. The van der Waals surface area contributed by atoms with Crippen molar-refractivity contribution < 1.29 is 73.5 Å². The highest BCUT2D eigenvalue weighted by Crippen LogP contribution is 2.14. The van der Waals surface area contributed by atoms with E-state index in [0.29, 0.717) is 50.0 Å². The van der Waals surface area contributed by atoms with Crippen LogP contribution in [0.3, 0.4) is 0 Å². The van der Waals surface area contributed by atoms with Crippen molar-refractivity contribution in [1.82, 2.24) is 42.5 Å². The first kappa shape index (κ1) is 66.9. The molecule has 11 atom stereocenters. The van der Waals surface area contributed by atoms with E-state index in [0.717, 1.165) is 13.8 Å². The van der Waals surface area contributed by atoms with Crippen molar-refractivity contribution in [3.8, 4) is 5.75 Å². The highest BCUT2D eigenvalue weighted by molar-refractivity contribution is 7.98. The Bertz CT molecular complexity index is 2030. The van der Waals surface area contributed by atoms with Crippen LogP contribution in [0.25, 0.3) is 0 Å². The van der Waals surface area contributed by atoms with Crippen molar-refractivity contribution in [3.05, 3.63) is 29.8 Å². The summed E-state index contributed by atoms with van der Waals surface area (Å²) in [5.74, 6) is -10.1. The third-order valence-corrected chi connectivity index (χ3v) is 12.3. The lowest BCUT2D eigenvalue weighted by Gasteiger charge is -2.29. The van der Waals surface area contributed by atoms with Crippen molar-refractivity contribution in [1.29, 1.82) is 0 Å². The number of carboxylic acid groups (broad SMARTS) is 2. The molecule has 0 aliphatic rings. The molecule has 0 aliphatic carbocycles. The van der Waals surface area contributed by atoms with E-state index in [2.05, 4.69) is 42.5 Å². The Hall–Kier alpha value is -6.13. The van der Waals surface area contributed by atoms with E-state index < -0.39 is 139 Å². The van der Waals surface area contributed by atoms with E-state index in [4.69, 9.17) is 17.2 Å². The number of unbranched alkanes of at least 4 members (excludes halogenated alkanes) is 2. The molecule has 424 valence electrons.